The largest absolute Gasteiger partial charge is 0.481 e. The van der Waals surface area contributed by atoms with Crippen LogP contribution in [0.4, 0.5) is 10.5 Å². The fraction of sp³-hybridized carbons (Fsp3) is 0.467. The van der Waals surface area contributed by atoms with Gasteiger partial charge in [0.1, 0.15) is 0 Å². The molecular weight excluding hydrogens is 272 g/mol. The number of aliphatic hydroxyl groups excluding tert-OH is 1. The van der Waals surface area contributed by atoms with E-state index in [0.717, 1.165) is 18.4 Å². The molecule has 1 aliphatic rings. The molecule has 1 saturated heterocycles. The van der Waals surface area contributed by atoms with E-state index >= 15 is 0 Å². The number of amides is 2. The molecule has 1 unspecified atom stereocenters. The van der Waals surface area contributed by atoms with Gasteiger partial charge < -0.3 is 20.4 Å². The van der Waals surface area contributed by atoms with Gasteiger partial charge in [0.2, 0.25) is 0 Å². The third-order valence-corrected chi connectivity index (χ3v) is 3.72. The molecule has 6 heteroatoms. The lowest BCUT2D eigenvalue weighted by Crippen LogP contribution is -2.40. The number of carboxylic acid groups (broad SMARTS) is 1. The van der Waals surface area contributed by atoms with Crippen molar-refractivity contribution < 1.29 is 19.8 Å². The molecular formula is C15H20N2O4. The smallest absolute Gasteiger partial charge is 0.322 e. The van der Waals surface area contributed by atoms with Gasteiger partial charge in [-0.25, -0.2) is 4.79 Å². The molecule has 1 atom stereocenters. The summed E-state index contributed by atoms with van der Waals surface area (Å²) in [6, 6.07) is 6.82. The Morgan fingerprint density at radius 1 is 1.33 bits per heavy atom. The van der Waals surface area contributed by atoms with Crippen LogP contribution in [0.1, 0.15) is 24.8 Å². The lowest BCUT2D eigenvalue weighted by molar-refractivity contribution is -0.136. The maximum absolute atomic E-state index is 12.3. The number of urea groups is 1. The molecule has 6 nitrogen and oxygen atoms in total. The number of para-hydroxylation sites is 1. The molecule has 1 heterocycles. The number of nitrogens with one attached hydrogen (secondary N) is 1. The number of likely N-dealkylation sites (tertiary alicyclic amines) is 1. The van der Waals surface area contributed by atoms with E-state index in [9.17, 15) is 14.7 Å². The van der Waals surface area contributed by atoms with Crippen molar-refractivity contribution in [1.29, 1.82) is 0 Å². The van der Waals surface area contributed by atoms with Crippen molar-refractivity contribution in [2.75, 3.05) is 18.5 Å². The first-order chi connectivity index (χ1) is 10.1. The lowest BCUT2D eigenvalue weighted by atomic mass is 10.1. The average Bonchev–Trinajstić information content (AvgIpc) is 2.94. The highest BCUT2D eigenvalue weighted by atomic mass is 16.4. The summed E-state index contributed by atoms with van der Waals surface area (Å²) in [6.45, 7) is 0.600. The molecule has 1 fully saturated rings. The fourth-order valence-electron chi connectivity index (χ4n) is 2.58. The third-order valence-electron chi connectivity index (χ3n) is 3.72. The highest BCUT2D eigenvalue weighted by Gasteiger charge is 2.28. The summed E-state index contributed by atoms with van der Waals surface area (Å²) in [5, 5.41) is 20.9. The summed E-state index contributed by atoms with van der Waals surface area (Å²) in [4.78, 5) is 24.6. The van der Waals surface area contributed by atoms with Crippen molar-refractivity contribution >= 4 is 17.7 Å². The van der Waals surface area contributed by atoms with E-state index in [1.165, 1.54) is 0 Å². The molecule has 2 rings (SSSR count). The van der Waals surface area contributed by atoms with Crippen LogP contribution in [0.5, 0.6) is 0 Å². The van der Waals surface area contributed by atoms with Gasteiger partial charge >= 0.3 is 12.0 Å². The van der Waals surface area contributed by atoms with Crippen LogP contribution in [0, 0.1) is 0 Å². The fourth-order valence-corrected chi connectivity index (χ4v) is 2.58. The SMILES string of the molecule is O=C(O)CCc1ccccc1NC(=O)N1CCCC1CO. The van der Waals surface area contributed by atoms with E-state index in [1.807, 2.05) is 12.1 Å². The Morgan fingerprint density at radius 3 is 2.81 bits per heavy atom. The molecule has 114 valence electrons. The summed E-state index contributed by atoms with van der Waals surface area (Å²) in [7, 11) is 0. The highest BCUT2D eigenvalue weighted by Crippen LogP contribution is 2.21. The topological polar surface area (TPSA) is 89.9 Å². The van der Waals surface area contributed by atoms with Crippen LogP contribution in [-0.4, -0.2) is 46.3 Å². The monoisotopic (exact) mass is 292 g/mol. The first-order valence-corrected chi connectivity index (χ1v) is 7.10. The number of aryl methyl sites for hydroxylation is 1. The molecule has 0 radical (unpaired) electrons. The van der Waals surface area contributed by atoms with E-state index in [-0.39, 0.29) is 25.1 Å². The number of carboxylic acids is 1. The van der Waals surface area contributed by atoms with Gasteiger partial charge in [0, 0.05) is 18.7 Å². The number of hydrogen-bond acceptors (Lipinski definition) is 3. The summed E-state index contributed by atoms with van der Waals surface area (Å²) in [5.74, 6) is -0.865. The summed E-state index contributed by atoms with van der Waals surface area (Å²) >= 11 is 0. The second kappa shape index (κ2) is 7.08. The van der Waals surface area contributed by atoms with Crippen LogP contribution in [-0.2, 0) is 11.2 Å². The first-order valence-electron chi connectivity index (χ1n) is 7.10. The van der Waals surface area contributed by atoms with Crippen LogP contribution in [0.25, 0.3) is 0 Å². The number of hydrogen-bond donors (Lipinski definition) is 3. The third kappa shape index (κ3) is 3.95. The van der Waals surface area contributed by atoms with Gasteiger partial charge in [-0.2, -0.15) is 0 Å². The van der Waals surface area contributed by atoms with Crippen LogP contribution >= 0.6 is 0 Å². The predicted octanol–water partition coefficient (Wildman–Crippen LogP) is 1.69. The van der Waals surface area contributed by atoms with Crippen molar-refractivity contribution in [3.8, 4) is 0 Å². The maximum atomic E-state index is 12.3. The Bertz CT molecular complexity index is 518. The Labute approximate surface area is 123 Å². The standard InChI is InChI=1S/C15H20N2O4/c18-10-12-5-3-9-17(12)15(21)16-13-6-2-1-4-11(13)7-8-14(19)20/h1-2,4,6,12,18H,3,5,7-10H2,(H,16,21)(H,19,20). The van der Waals surface area contributed by atoms with Gasteiger partial charge in [0.25, 0.3) is 0 Å². The maximum Gasteiger partial charge on any atom is 0.322 e. The minimum absolute atomic E-state index is 0.0237. The molecule has 1 aromatic carbocycles. The molecule has 0 aliphatic carbocycles. The molecule has 0 bridgehead atoms. The summed E-state index contributed by atoms with van der Waals surface area (Å²) in [5.41, 5.74) is 1.43. The van der Waals surface area contributed by atoms with Gasteiger partial charge in [-0.15, -0.1) is 0 Å². The Morgan fingerprint density at radius 2 is 2.10 bits per heavy atom. The minimum atomic E-state index is -0.865. The number of aliphatic carboxylic acids is 1. The van der Waals surface area contributed by atoms with Crippen molar-refractivity contribution in [2.45, 2.75) is 31.7 Å². The van der Waals surface area contributed by atoms with Crippen molar-refractivity contribution in [3.05, 3.63) is 29.8 Å². The van der Waals surface area contributed by atoms with Gasteiger partial charge in [-0.1, -0.05) is 18.2 Å². The zero-order chi connectivity index (χ0) is 15.2. The molecule has 0 spiro atoms. The number of nitrogens with zero attached hydrogens (tertiary/aromatic N) is 1. The average molecular weight is 292 g/mol. The summed E-state index contributed by atoms with van der Waals surface area (Å²) in [6.07, 6.45) is 2.09. The quantitative estimate of drug-likeness (QED) is 0.770. The number of carbonyl (C=O) groups is 2. The number of aliphatic hydroxyl groups is 1. The Kier molecular flexibility index (Phi) is 5.16. The molecule has 2 amide bonds. The van der Waals surface area contributed by atoms with Crippen LogP contribution in [0.3, 0.4) is 0 Å². The van der Waals surface area contributed by atoms with E-state index < -0.39 is 5.97 Å². The highest BCUT2D eigenvalue weighted by molar-refractivity contribution is 5.90. The Balaban J connectivity index is 2.05. The zero-order valence-corrected chi connectivity index (χ0v) is 11.8. The molecule has 3 N–H and O–H groups in total. The number of benzene rings is 1. The second-order valence-electron chi connectivity index (χ2n) is 5.15. The molecule has 0 aromatic heterocycles. The molecule has 0 saturated carbocycles. The predicted molar refractivity (Wildman–Crippen MR) is 78.2 cm³/mol. The van der Waals surface area contributed by atoms with Gasteiger partial charge in [-0.05, 0) is 30.9 Å². The van der Waals surface area contributed by atoms with Gasteiger partial charge in [-0.3, -0.25) is 4.79 Å². The Hall–Kier alpha value is -2.08. The van der Waals surface area contributed by atoms with E-state index in [4.69, 9.17) is 5.11 Å². The minimum Gasteiger partial charge on any atom is -0.481 e. The van der Waals surface area contributed by atoms with Crippen LogP contribution in [0.15, 0.2) is 24.3 Å². The van der Waals surface area contributed by atoms with E-state index in [2.05, 4.69) is 5.32 Å². The number of rotatable bonds is 5. The van der Waals surface area contributed by atoms with Crippen molar-refractivity contribution in [2.24, 2.45) is 0 Å². The molecule has 21 heavy (non-hydrogen) atoms. The summed E-state index contributed by atoms with van der Waals surface area (Å²) < 4.78 is 0. The van der Waals surface area contributed by atoms with Crippen LogP contribution in [0.2, 0.25) is 0 Å². The van der Waals surface area contributed by atoms with Crippen molar-refractivity contribution in [1.82, 2.24) is 4.90 Å². The first kappa shape index (κ1) is 15.3. The molecule has 1 aromatic rings. The van der Waals surface area contributed by atoms with Gasteiger partial charge in [0.05, 0.1) is 12.6 Å². The van der Waals surface area contributed by atoms with Crippen molar-refractivity contribution in [3.63, 3.8) is 0 Å². The second-order valence-corrected chi connectivity index (χ2v) is 5.15. The molecule has 1 aliphatic heterocycles. The number of carbonyl (C=O) groups excluding carboxylic acids is 1. The normalized spacial score (nSPS) is 17.8. The lowest BCUT2D eigenvalue weighted by Gasteiger charge is -2.24. The van der Waals surface area contributed by atoms with Gasteiger partial charge in [0.15, 0.2) is 0 Å². The van der Waals surface area contributed by atoms with Crippen LogP contribution < -0.4 is 5.32 Å². The van der Waals surface area contributed by atoms with E-state index in [1.54, 1.807) is 17.0 Å². The number of anilines is 1. The van der Waals surface area contributed by atoms with E-state index in [0.29, 0.717) is 18.7 Å². The zero-order valence-electron chi connectivity index (χ0n) is 11.8.